The molecule has 0 aliphatic carbocycles. The van der Waals surface area contributed by atoms with Crippen LogP contribution in [0.1, 0.15) is 112 Å². The van der Waals surface area contributed by atoms with E-state index < -0.39 is 104 Å². The van der Waals surface area contributed by atoms with Crippen molar-refractivity contribution in [1.82, 2.24) is 15.2 Å². The van der Waals surface area contributed by atoms with E-state index in [0.29, 0.717) is 43.7 Å². The monoisotopic (exact) mass is 905 g/mol. The number of hydrogen-bond acceptors (Lipinski definition) is 14. The number of nitrogens with one attached hydrogen (secondary N) is 1. The van der Waals surface area contributed by atoms with Gasteiger partial charge in [0.15, 0.2) is 17.9 Å². The summed E-state index contributed by atoms with van der Waals surface area (Å²) in [6.07, 6.45) is -4.85. The molecule has 1 N–H and O–H groups in total. The van der Waals surface area contributed by atoms with Crippen LogP contribution in [0, 0.1) is 21.7 Å². The van der Waals surface area contributed by atoms with Crippen molar-refractivity contribution in [2.75, 3.05) is 19.8 Å². The normalized spacial score (nSPS) is 20.1. The third-order valence-electron chi connectivity index (χ3n) is 10.1. The van der Waals surface area contributed by atoms with E-state index in [1.54, 1.807) is 6.20 Å². The predicted octanol–water partition coefficient (Wildman–Crippen LogP) is 8.30. The summed E-state index contributed by atoms with van der Waals surface area (Å²) >= 11 is 0. The van der Waals surface area contributed by atoms with E-state index in [4.69, 9.17) is 43.4 Å². The molecule has 4 aromatic rings. The predicted molar refractivity (Wildman–Crippen MR) is 242 cm³/mol. The van der Waals surface area contributed by atoms with Crippen molar-refractivity contribution in [2.24, 2.45) is 21.7 Å². The van der Waals surface area contributed by atoms with Crippen LogP contribution in [0.15, 0.2) is 66.9 Å². The zero-order valence-corrected chi connectivity index (χ0v) is 38.8. The van der Waals surface area contributed by atoms with Gasteiger partial charge in [-0.1, -0.05) is 42.5 Å². The molecule has 65 heavy (non-hydrogen) atoms. The standard InChI is InChI=1S/C50H67N3O12/c1-47(2,3)43(54)60-30-35-37(62-44(55)48(4,5)6)38(63-45(56)49(7,8)9)39(64-46(57)50(10,11)12)42(61-35)65-41-36-33(25-26-51-40(36)52-53-41)22-19-31-20-23-34(24-21-31)59-28-16-27-58-29-32-17-14-13-15-18-32/h13-15,17-18,20-21,23-26,35,37-39,42H,16,19,22,27-30H2,1-12H3,(H,51,52,53)/t35-,37-,38+,39-,42?/m1/s1/i1D,4D,7D,10D. The Morgan fingerprint density at radius 2 is 1.29 bits per heavy atom. The molecule has 354 valence electrons. The first-order valence-electron chi connectivity index (χ1n) is 24.4. The van der Waals surface area contributed by atoms with Crippen LogP contribution in [0.4, 0.5) is 0 Å². The molecule has 5 atom stereocenters. The molecule has 3 heterocycles. The topological polar surface area (TPSA) is 184 Å². The van der Waals surface area contributed by atoms with Crippen molar-refractivity contribution in [2.45, 2.75) is 140 Å². The lowest BCUT2D eigenvalue weighted by Gasteiger charge is -2.45. The highest BCUT2D eigenvalue weighted by Gasteiger charge is 2.56. The minimum Gasteiger partial charge on any atom is -0.494 e. The lowest BCUT2D eigenvalue weighted by atomic mass is 9.93. The molecule has 1 fully saturated rings. The minimum atomic E-state index is -1.73. The number of pyridine rings is 1. The largest absolute Gasteiger partial charge is 0.494 e. The Kier molecular flexibility index (Phi) is 14.6. The maximum Gasteiger partial charge on any atom is 0.311 e. The summed E-state index contributed by atoms with van der Waals surface area (Å²) in [5.74, 6) is -2.81. The molecule has 1 saturated heterocycles. The smallest absolute Gasteiger partial charge is 0.311 e. The average molecular weight is 906 g/mol. The number of nitrogens with zero attached hydrogens (tertiary/aromatic N) is 2. The summed E-state index contributed by atoms with van der Waals surface area (Å²) in [5, 5.41) is 7.76. The van der Waals surface area contributed by atoms with Gasteiger partial charge in [-0.2, -0.15) is 0 Å². The molecule has 2 aromatic heterocycles. The van der Waals surface area contributed by atoms with Crippen LogP contribution < -0.4 is 9.47 Å². The van der Waals surface area contributed by atoms with Gasteiger partial charge in [-0.05, 0) is 131 Å². The molecule has 15 nitrogen and oxygen atoms in total. The number of rotatable bonds is 17. The molecular formula is C50H67N3O12. The summed E-state index contributed by atoms with van der Waals surface area (Å²) in [6.45, 7) is 11.4. The lowest BCUT2D eigenvalue weighted by Crippen LogP contribution is -2.65. The van der Waals surface area contributed by atoms with Gasteiger partial charge >= 0.3 is 23.9 Å². The summed E-state index contributed by atoms with van der Waals surface area (Å²) in [6, 6.07) is 19.6. The molecule has 5 rings (SSSR count). The van der Waals surface area contributed by atoms with Crippen molar-refractivity contribution >= 4 is 34.9 Å². The van der Waals surface area contributed by atoms with Crippen LogP contribution in [-0.2, 0) is 67.0 Å². The second kappa shape index (κ2) is 21.2. The van der Waals surface area contributed by atoms with E-state index in [1.165, 1.54) is 55.4 Å². The first kappa shape index (κ1) is 44.7. The van der Waals surface area contributed by atoms with Gasteiger partial charge in [0, 0.05) is 18.1 Å². The Labute approximate surface area is 388 Å². The summed E-state index contributed by atoms with van der Waals surface area (Å²) < 4.78 is 80.7. The number of benzene rings is 2. The first-order chi connectivity index (χ1) is 32.7. The molecule has 0 bridgehead atoms. The summed E-state index contributed by atoms with van der Waals surface area (Å²) in [4.78, 5) is 59.4. The van der Waals surface area contributed by atoms with E-state index in [0.717, 1.165) is 28.9 Å². The van der Waals surface area contributed by atoms with Crippen molar-refractivity contribution < 1.29 is 62.6 Å². The van der Waals surface area contributed by atoms with E-state index in [-0.39, 0.29) is 12.8 Å². The third kappa shape index (κ3) is 14.2. The molecule has 0 saturated carbocycles. The fourth-order valence-corrected chi connectivity index (χ4v) is 6.25. The number of esters is 4. The Morgan fingerprint density at radius 1 is 0.692 bits per heavy atom. The molecule has 1 unspecified atom stereocenters. The maximum absolute atomic E-state index is 13.9. The van der Waals surface area contributed by atoms with Crippen LogP contribution in [-0.4, -0.2) is 89.6 Å². The second-order valence-corrected chi connectivity index (χ2v) is 19.0. The number of fused-ring (bicyclic) bond motifs is 1. The van der Waals surface area contributed by atoms with Crippen LogP contribution in [0.5, 0.6) is 11.6 Å². The molecule has 1 aliphatic rings. The number of ether oxygens (including phenoxy) is 8. The van der Waals surface area contributed by atoms with Gasteiger partial charge in [-0.3, -0.25) is 24.3 Å². The van der Waals surface area contributed by atoms with Crippen LogP contribution in [0.2, 0.25) is 0 Å². The van der Waals surface area contributed by atoms with E-state index in [1.807, 2.05) is 60.7 Å². The van der Waals surface area contributed by atoms with E-state index >= 15 is 0 Å². The van der Waals surface area contributed by atoms with Gasteiger partial charge in [-0.15, -0.1) is 5.10 Å². The Balaban J connectivity index is 1.45. The van der Waals surface area contributed by atoms with Gasteiger partial charge in [0.25, 0.3) is 0 Å². The number of aromatic nitrogens is 3. The van der Waals surface area contributed by atoms with Crippen molar-refractivity contribution in [3.05, 3.63) is 83.6 Å². The minimum absolute atomic E-state index is 0.0381. The molecule has 1 aliphatic heterocycles. The molecule has 15 heteroatoms. The fourth-order valence-electron chi connectivity index (χ4n) is 6.25. The maximum atomic E-state index is 13.9. The van der Waals surface area contributed by atoms with E-state index in [2.05, 4.69) is 15.2 Å². The molecule has 0 radical (unpaired) electrons. The van der Waals surface area contributed by atoms with Crippen LogP contribution in [0.25, 0.3) is 11.0 Å². The highest BCUT2D eigenvalue weighted by atomic mass is 16.7. The molecular weight excluding hydrogens is 835 g/mol. The SMILES string of the molecule is [2H]CC(C)(C)C(=O)OC[C@H]1OC(Oc2n[nH]c3nccc(CCc4ccc(OCCCOCc5ccccc5)cc4)c23)[C@H](OC(=O)C(C)(C)C[2H])[C@@H](OC(=O)C(C)(C)C[2H])[C@@H]1OC(=O)C(C)(C)C[2H]. The van der Waals surface area contributed by atoms with Gasteiger partial charge < -0.3 is 37.9 Å². The Morgan fingerprint density at radius 3 is 1.92 bits per heavy atom. The lowest BCUT2D eigenvalue weighted by molar-refractivity contribution is -0.294. The number of H-pyrrole nitrogens is 1. The third-order valence-corrected chi connectivity index (χ3v) is 10.1. The summed E-state index contributed by atoms with van der Waals surface area (Å²) in [7, 11) is 0. The van der Waals surface area contributed by atoms with Crippen LogP contribution >= 0.6 is 0 Å². The van der Waals surface area contributed by atoms with Gasteiger partial charge in [0.1, 0.15) is 18.5 Å². The Bertz CT molecular complexity index is 2330. The van der Waals surface area contributed by atoms with Crippen molar-refractivity contribution in [1.29, 1.82) is 0 Å². The zero-order chi connectivity index (χ0) is 50.6. The average Bonchev–Trinajstić information content (AvgIpc) is 3.76. The second-order valence-electron chi connectivity index (χ2n) is 19.0. The molecule has 2 aromatic carbocycles. The number of carbonyl (C=O) groups excluding carboxylic acids is 4. The highest BCUT2D eigenvalue weighted by Crippen LogP contribution is 2.37. The van der Waals surface area contributed by atoms with Gasteiger partial charge in [-0.25, -0.2) is 4.98 Å². The quantitative estimate of drug-likeness (QED) is 0.0606. The van der Waals surface area contributed by atoms with Crippen molar-refractivity contribution in [3.8, 4) is 11.6 Å². The Hall–Kier alpha value is -5.54. The number of aryl methyl sites for hydroxylation is 2. The van der Waals surface area contributed by atoms with E-state index in [9.17, 15) is 19.2 Å². The molecule has 0 spiro atoms. The number of carbonyl (C=O) groups is 4. The number of aromatic amines is 1. The van der Waals surface area contributed by atoms with Crippen molar-refractivity contribution in [3.63, 3.8) is 0 Å². The molecule has 0 amide bonds. The zero-order valence-electron chi connectivity index (χ0n) is 42.8. The van der Waals surface area contributed by atoms with Gasteiger partial charge in [0.2, 0.25) is 18.3 Å². The fraction of sp³-hybridized carbons (Fsp3) is 0.560. The summed E-state index contributed by atoms with van der Waals surface area (Å²) in [5.41, 5.74) is -2.19. The van der Waals surface area contributed by atoms with Gasteiger partial charge in [0.05, 0.1) is 46.9 Å². The highest BCUT2D eigenvalue weighted by molar-refractivity contribution is 5.84. The first-order valence-corrected chi connectivity index (χ1v) is 21.6. The number of hydrogen-bond donors (Lipinski definition) is 1. The van der Waals surface area contributed by atoms with Crippen LogP contribution in [0.3, 0.4) is 0 Å².